The first kappa shape index (κ1) is 11.9. The standard InChI is InChI=1S/C12H22N2O2/c1-9-11(5-8-16-9)12(15)14(2)10-3-6-13-7-4-10/h9-11,13H,3-8H2,1-2H3. The lowest BCUT2D eigenvalue weighted by Gasteiger charge is -2.33. The van der Waals surface area contributed by atoms with Crippen LogP contribution in [-0.2, 0) is 9.53 Å². The highest BCUT2D eigenvalue weighted by atomic mass is 16.5. The van der Waals surface area contributed by atoms with Crippen molar-refractivity contribution in [2.45, 2.75) is 38.3 Å². The van der Waals surface area contributed by atoms with Gasteiger partial charge in [0.2, 0.25) is 5.91 Å². The molecule has 0 radical (unpaired) electrons. The highest BCUT2D eigenvalue weighted by molar-refractivity contribution is 5.79. The number of carbonyl (C=O) groups is 1. The van der Waals surface area contributed by atoms with E-state index in [1.54, 1.807) is 0 Å². The molecule has 2 aliphatic heterocycles. The van der Waals surface area contributed by atoms with Gasteiger partial charge in [0.15, 0.2) is 0 Å². The summed E-state index contributed by atoms with van der Waals surface area (Å²) < 4.78 is 5.46. The van der Waals surface area contributed by atoms with Gasteiger partial charge in [-0.15, -0.1) is 0 Å². The van der Waals surface area contributed by atoms with Crippen molar-refractivity contribution in [1.82, 2.24) is 10.2 Å². The Labute approximate surface area is 97.3 Å². The van der Waals surface area contributed by atoms with E-state index in [-0.39, 0.29) is 17.9 Å². The summed E-state index contributed by atoms with van der Waals surface area (Å²) in [6, 6.07) is 0.418. The summed E-state index contributed by atoms with van der Waals surface area (Å²) in [6.07, 6.45) is 3.13. The van der Waals surface area contributed by atoms with Crippen molar-refractivity contribution in [3.05, 3.63) is 0 Å². The molecule has 2 heterocycles. The van der Waals surface area contributed by atoms with E-state index in [2.05, 4.69) is 5.32 Å². The topological polar surface area (TPSA) is 41.6 Å². The zero-order valence-corrected chi connectivity index (χ0v) is 10.2. The maximum absolute atomic E-state index is 12.3. The molecule has 0 bridgehead atoms. The predicted molar refractivity (Wildman–Crippen MR) is 62.2 cm³/mol. The van der Waals surface area contributed by atoms with Crippen molar-refractivity contribution in [3.8, 4) is 0 Å². The van der Waals surface area contributed by atoms with Crippen molar-refractivity contribution in [2.75, 3.05) is 26.7 Å². The third-order valence-electron chi connectivity index (χ3n) is 3.90. The summed E-state index contributed by atoms with van der Waals surface area (Å²) in [7, 11) is 1.95. The highest BCUT2D eigenvalue weighted by Gasteiger charge is 2.34. The van der Waals surface area contributed by atoms with Crippen LogP contribution in [0.3, 0.4) is 0 Å². The van der Waals surface area contributed by atoms with E-state index < -0.39 is 0 Å². The third kappa shape index (κ3) is 2.38. The monoisotopic (exact) mass is 226 g/mol. The first-order valence-corrected chi connectivity index (χ1v) is 6.29. The van der Waals surface area contributed by atoms with Gasteiger partial charge in [-0.25, -0.2) is 0 Å². The highest BCUT2D eigenvalue weighted by Crippen LogP contribution is 2.24. The number of hydrogen-bond acceptors (Lipinski definition) is 3. The van der Waals surface area contributed by atoms with Gasteiger partial charge < -0.3 is 15.0 Å². The van der Waals surface area contributed by atoms with Crippen LogP contribution in [0.4, 0.5) is 0 Å². The van der Waals surface area contributed by atoms with Crippen LogP contribution in [0.15, 0.2) is 0 Å². The first-order chi connectivity index (χ1) is 7.70. The van der Waals surface area contributed by atoms with E-state index in [0.717, 1.165) is 39.0 Å². The fraction of sp³-hybridized carbons (Fsp3) is 0.917. The van der Waals surface area contributed by atoms with Crippen LogP contribution < -0.4 is 5.32 Å². The number of hydrogen-bond donors (Lipinski definition) is 1. The maximum Gasteiger partial charge on any atom is 0.228 e. The minimum absolute atomic E-state index is 0.0832. The lowest BCUT2D eigenvalue weighted by Crippen LogP contribution is -2.47. The molecule has 1 amide bonds. The lowest BCUT2D eigenvalue weighted by molar-refractivity contribution is -0.138. The van der Waals surface area contributed by atoms with E-state index in [0.29, 0.717) is 6.04 Å². The van der Waals surface area contributed by atoms with Crippen molar-refractivity contribution >= 4 is 5.91 Å². The normalized spacial score (nSPS) is 31.6. The Kier molecular flexibility index (Phi) is 3.82. The molecule has 2 saturated heterocycles. The summed E-state index contributed by atoms with van der Waals surface area (Å²) >= 11 is 0. The van der Waals surface area contributed by atoms with Crippen LogP contribution in [0.5, 0.6) is 0 Å². The summed E-state index contributed by atoms with van der Waals surface area (Å²) in [5.74, 6) is 0.358. The average molecular weight is 226 g/mol. The van der Waals surface area contributed by atoms with E-state index in [1.165, 1.54) is 0 Å². The molecule has 0 spiro atoms. The second kappa shape index (κ2) is 5.15. The summed E-state index contributed by atoms with van der Waals surface area (Å²) in [4.78, 5) is 14.2. The Morgan fingerprint density at radius 3 is 2.56 bits per heavy atom. The predicted octanol–water partition coefficient (Wildman–Crippen LogP) is 0.622. The minimum atomic E-state index is 0.0832. The fourth-order valence-electron chi connectivity index (χ4n) is 2.69. The van der Waals surface area contributed by atoms with Gasteiger partial charge in [-0.05, 0) is 39.3 Å². The Hall–Kier alpha value is -0.610. The maximum atomic E-state index is 12.3. The number of nitrogens with one attached hydrogen (secondary N) is 1. The molecule has 4 heteroatoms. The Bertz CT molecular complexity index is 251. The molecule has 0 aliphatic carbocycles. The van der Waals surface area contributed by atoms with Gasteiger partial charge in [0, 0.05) is 19.7 Å². The number of nitrogens with zero attached hydrogens (tertiary/aromatic N) is 1. The number of carbonyl (C=O) groups excluding carboxylic acids is 1. The van der Waals surface area contributed by atoms with Crippen LogP contribution in [0.1, 0.15) is 26.2 Å². The minimum Gasteiger partial charge on any atom is -0.378 e. The second-order valence-corrected chi connectivity index (χ2v) is 4.90. The molecular weight excluding hydrogens is 204 g/mol. The van der Waals surface area contributed by atoms with Crippen LogP contribution in [-0.4, -0.2) is 49.7 Å². The molecule has 2 fully saturated rings. The summed E-state index contributed by atoms with van der Waals surface area (Å²) in [5, 5.41) is 3.32. The van der Waals surface area contributed by atoms with E-state index in [9.17, 15) is 4.79 Å². The molecule has 4 nitrogen and oxygen atoms in total. The fourth-order valence-corrected chi connectivity index (χ4v) is 2.69. The Morgan fingerprint density at radius 1 is 1.31 bits per heavy atom. The van der Waals surface area contributed by atoms with Crippen molar-refractivity contribution in [1.29, 1.82) is 0 Å². The molecule has 1 N–H and O–H groups in total. The lowest BCUT2D eigenvalue weighted by atomic mass is 9.98. The molecule has 2 rings (SSSR count). The average Bonchev–Trinajstić information content (AvgIpc) is 2.75. The Morgan fingerprint density at radius 2 is 2.00 bits per heavy atom. The molecule has 2 unspecified atom stereocenters. The summed E-state index contributed by atoms with van der Waals surface area (Å²) in [6.45, 7) is 4.79. The van der Waals surface area contributed by atoms with Crippen LogP contribution in [0.2, 0.25) is 0 Å². The molecule has 92 valence electrons. The van der Waals surface area contributed by atoms with Gasteiger partial charge in [-0.1, -0.05) is 0 Å². The zero-order valence-electron chi connectivity index (χ0n) is 10.2. The van der Waals surface area contributed by atoms with Crippen molar-refractivity contribution in [2.24, 2.45) is 5.92 Å². The van der Waals surface area contributed by atoms with Crippen LogP contribution in [0, 0.1) is 5.92 Å². The summed E-state index contributed by atoms with van der Waals surface area (Å²) in [5.41, 5.74) is 0. The second-order valence-electron chi connectivity index (χ2n) is 4.90. The zero-order chi connectivity index (χ0) is 11.5. The van der Waals surface area contributed by atoms with E-state index in [4.69, 9.17) is 4.74 Å². The Balaban J connectivity index is 1.92. The molecule has 0 aromatic heterocycles. The largest absolute Gasteiger partial charge is 0.378 e. The molecule has 0 saturated carbocycles. The molecule has 0 aromatic carbocycles. The van der Waals surface area contributed by atoms with Gasteiger partial charge in [-0.2, -0.15) is 0 Å². The number of rotatable bonds is 2. The van der Waals surface area contributed by atoms with Gasteiger partial charge in [0.1, 0.15) is 0 Å². The molecular formula is C12H22N2O2. The molecule has 0 aromatic rings. The molecule has 16 heavy (non-hydrogen) atoms. The first-order valence-electron chi connectivity index (χ1n) is 6.29. The SMILES string of the molecule is CC1OCCC1C(=O)N(C)C1CCNCC1. The van der Waals surface area contributed by atoms with Crippen LogP contribution >= 0.6 is 0 Å². The van der Waals surface area contributed by atoms with Crippen LogP contribution in [0.25, 0.3) is 0 Å². The van der Waals surface area contributed by atoms with Gasteiger partial charge in [0.05, 0.1) is 12.0 Å². The smallest absolute Gasteiger partial charge is 0.228 e. The molecule has 2 aliphatic rings. The van der Waals surface area contributed by atoms with Gasteiger partial charge >= 0.3 is 0 Å². The number of piperidine rings is 1. The third-order valence-corrected chi connectivity index (χ3v) is 3.90. The number of amides is 1. The van der Waals surface area contributed by atoms with E-state index in [1.807, 2.05) is 18.9 Å². The van der Waals surface area contributed by atoms with Crippen molar-refractivity contribution < 1.29 is 9.53 Å². The van der Waals surface area contributed by atoms with Crippen molar-refractivity contribution in [3.63, 3.8) is 0 Å². The quantitative estimate of drug-likeness (QED) is 0.750. The van der Waals surface area contributed by atoms with Gasteiger partial charge in [0.25, 0.3) is 0 Å². The molecule has 2 atom stereocenters. The van der Waals surface area contributed by atoms with E-state index >= 15 is 0 Å². The van der Waals surface area contributed by atoms with Gasteiger partial charge in [-0.3, -0.25) is 4.79 Å². The number of ether oxygens (including phenoxy) is 1.